The molecule has 0 aromatic heterocycles. The molecule has 0 fully saturated rings. The lowest BCUT2D eigenvalue weighted by atomic mass is 9.80. The molecule has 1 unspecified atom stereocenters. The van der Waals surface area contributed by atoms with E-state index in [0.717, 1.165) is 25.6 Å². The van der Waals surface area contributed by atoms with Crippen LogP contribution in [0.5, 0.6) is 0 Å². The Balaban J connectivity index is 4.99. The van der Waals surface area contributed by atoms with Crippen LogP contribution < -0.4 is 5.32 Å². The molecule has 1 atom stereocenters. The Morgan fingerprint density at radius 1 is 0.941 bits per heavy atom. The van der Waals surface area contributed by atoms with Crippen molar-refractivity contribution in [2.75, 3.05) is 19.6 Å². The first-order valence-electron chi connectivity index (χ1n) is 7.47. The molecule has 0 aliphatic heterocycles. The molecule has 0 aromatic rings. The van der Waals surface area contributed by atoms with Crippen molar-refractivity contribution in [2.24, 2.45) is 5.92 Å². The van der Waals surface area contributed by atoms with E-state index in [1.807, 2.05) is 0 Å². The molecule has 0 aliphatic carbocycles. The fourth-order valence-electron chi connectivity index (χ4n) is 3.21. The van der Waals surface area contributed by atoms with Gasteiger partial charge in [-0.2, -0.15) is 0 Å². The van der Waals surface area contributed by atoms with Gasteiger partial charge in [0.1, 0.15) is 0 Å². The minimum absolute atomic E-state index is 0.232. The van der Waals surface area contributed by atoms with Crippen molar-refractivity contribution in [3.63, 3.8) is 0 Å². The summed E-state index contributed by atoms with van der Waals surface area (Å²) in [6.07, 6.45) is 2.53. The average Bonchev–Trinajstić information content (AvgIpc) is 2.30. The Labute approximate surface area is 109 Å². The van der Waals surface area contributed by atoms with E-state index in [1.165, 1.54) is 12.8 Å². The van der Waals surface area contributed by atoms with Crippen molar-refractivity contribution in [2.45, 2.75) is 72.9 Å². The summed E-state index contributed by atoms with van der Waals surface area (Å²) < 4.78 is 0. The van der Waals surface area contributed by atoms with E-state index in [2.05, 4.69) is 58.7 Å². The minimum Gasteiger partial charge on any atom is -0.312 e. The largest absolute Gasteiger partial charge is 0.312 e. The molecular formula is C15H34N2. The Bertz CT molecular complexity index is 181. The molecule has 104 valence electrons. The maximum Gasteiger partial charge on any atom is 0.0308 e. The summed E-state index contributed by atoms with van der Waals surface area (Å²) in [5.41, 5.74) is 0.232. The van der Waals surface area contributed by atoms with Crippen LogP contribution in [0.25, 0.3) is 0 Å². The molecule has 0 heterocycles. The average molecular weight is 242 g/mol. The standard InChI is InChI=1S/C15H34N2/c1-8-13(9-2)14(16-10-3)15(6,7)17(11-4)12-5/h13-14,16H,8-12H2,1-7H3. The van der Waals surface area contributed by atoms with Gasteiger partial charge in [-0.25, -0.2) is 0 Å². The van der Waals surface area contributed by atoms with Crippen LogP contribution in [0.15, 0.2) is 0 Å². The quantitative estimate of drug-likeness (QED) is 0.665. The summed E-state index contributed by atoms with van der Waals surface area (Å²) in [5, 5.41) is 3.73. The van der Waals surface area contributed by atoms with E-state index in [0.29, 0.717) is 6.04 Å². The van der Waals surface area contributed by atoms with Crippen LogP contribution in [-0.2, 0) is 0 Å². The SMILES string of the molecule is CCNC(C(CC)CC)C(C)(C)N(CC)CC. The lowest BCUT2D eigenvalue weighted by molar-refractivity contribution is 0.0630. The van der Waals surface area contributed by atoms with Crippen molar-refractivity contribution >= 4 is 0 Å². The van der Waals surface area contributed by atoms with Gasteiger partial charge in [0.25, 0.3) is 0 Å². The summed E-state index contributed by atoms with van der Waals surface area (Å²) in [5.74, 6) is 0.769. The molecule has 0 spiro atoms. The highest BCUT2D eigenvalue weighted by molar-refractivity contribution is 4.96. The Kier molecular flexibility index (Phi) is 8.06. The van der Waals surface area contributed by atoms with Crippen LogP contribution >= 0.6 is 0 Å². The van der Waals surface area contributed by atoms with Gasteiger partial charge in [0.15, 0.2) is 0 Å². The normalized spacial score (nSPS) is 14.6. The van der Waals surface area contributed by atoms with Gasteiger partial charge in [0, 0.05) is 11.6 Å². The molecule has 0 bridgehead atoms. The van der Waals surface area contributed by atoms with E-state index in [4.69, 9.17) is 0 Å². The Hall–Kier alpha value is -0.0800. The minimum atomic E-state index is 0.232. The molecule has 2 nitrogen and oxygen atoms in total. The van der Waals surface area contributed by atoms with Gasteiger partial charge >= 0.3 is 0 Å². The van der Waals surface area contributed by atoms with E-state index < -0.39 is 0 Å². The predicted molar refractivity (Wildman–Crippen MR) is 78.5 cm³/mol. The first-order chi connectivity index (χ1) is 7.99. The second kappa shape index (κ2) is 8.10. The second-order valence-electron chi connectivity index (χ2n) is 5.44. The smallest absolute Gasteiger partial charge is 0.0308 e. The van der Waals surface area contributed by atoms with Crippen LogP contribution in [0, 0.1) is 5.92 Å². The zero-order valence-corrected chi connectivity index (χ0v) is 13.1. The number of nitrogens with one attached hydrogen (secondary N) is 1. The zero-order valence-electron chi connectivity index (χ0n) is 13.1. The van der Waals surface area contributed by atoms with E-state index in [9.17, 15) is 0 Å². The molecular weight excluding hydrogens is 208 g/mol. The number of nitrogens with zero attached hydrogens (tertiary/aromatic N) is 1. The fourth-order valence-corrected chi connectivity index (χ4v) is 3.21. The summed E-state index contributed by atoms with van der Waals surface area (Å²) in [4.78, 5) is 2.58. The summed E-state index contributed by atoms with van der Waals surface area (Å²) >= 11 is 0. The molecule has 0 rings (SSSR count). The lowest BCUT2D eigenvalue weighted by Crippen LogP contribution is -2.60. The van der Waals surface area contributed by atoms with Gasteiger partial charge in [-0.05, 0) is 39.4 Å². The van der Waals surface area contributed by atoms with E-state index in [-0.39, 0.29) is 5.54 Å². The molecule has 2 heteroatoms. The van der Waals surface area contributed by atoms with Crippen molar-refractivity contribution in [1.29, 1.82) is 0 Å². The highest BCUT2D eigenvalue weighted by atomic mass is 15.2. The molecule has 0 radical (unpaired) electrons. The number of hydrogen-bond acceptors (Lipinski definition) is 2. The Morgan fingerprint density at radius 3 is 1.71 bits per heavy atom. The highest BCUT2D eigenvalue weighted by Crippen LogP contribution is 2.27. The van der Waals surface area contributed by atoms with Crippen molar-refractivity contribution in [3.8, 4) is 0 Å². The third-order valence-corrected chi connectivity index (χ3v) is 4.28. The van der Waals surface area contributed by atoms with E-state index in [1.54, 1.807) is 0 Å². The van der Waals surface area contributed by atoms with Gasteiger partial charge in [-0.3, -0.25) is 4.90 Å². The molecule has 0 aliphatic rings. The molecule has 17 heavy (non-hydrogen) atoms. The zero-order chi connectivity index (χ0) is 13.5. The lowest BCUT2D eigenvalue weighted by Gasteiger charge is -2.47. The predicted octanol–water partition coefficient (Wildman–Crippen LogP) is 3.52. The molecule has 0 saturated heterocycles. The second-order valence-corrected chi connectivity index (χ2v) is 5.44. The number of hydrogen-bond donors (Lipinski definition) is 1. The van der Waals surface area contributed by atoms with Crippen molar-refractivity contribution < 1.29 is 0 Å². The van der Waals surface area contributed by atoms with Crippen molar-refractivity contribution in [3.05, 3.63) is 0 Å². The first-order valence-corrected chi connectivity index (χ1v) is 7.47. The van der Waals surface area contributed by atoms with Gasteiger partial charge in [0.05, 0.1) is 0 Å². The van der Waals surface area contributed by atoms with Crippen LogP contribution in [-0.4, -0.2) is 36.1 Å². The van der Waals surface area contributed by atoms with Crippen LogP contribution in [0.3, 0.4) is 0 Å². The maximum atomic E-state index is 3.73. The third kappa shape index (κ3) is 4.26. The van der Waals surface area contributed by atoms with Crippen LogP contribution in [0.2, 0.25) is 0 Å². The summed E-state index contributed by atoms with van der Waals surface area (Å²) in [7, 11) is 0. The van der Waals surface area contributed by atoms with E-state index >= 15 is 0 Å². The maximum absolute atomic E-state index is 3.73. The van der Waals surface area contributed by atoms with Gasteiger partial charge in [0.2, 0.25) is 0 Å². The topological polar surface area (TPSA) is 15.3 Å². The monoisotopic (exact) mass is 242 g/mol. The third-order valence-electron chi connectivity index (χ3n) is 4.28. The molecule has 0 amide bonds. The highest BCUT2D eigenvalue weighted by Gasteiger charge is 2.36. The molecule has 0 saturated carbocycles. The van der Waals surface area contributed by atoms with Gasteiger partial charge < -0.3 is 5.32 Å². The van der Waals surface area contributed by atoms with Crippen LogP contribution in [0.1, 0.15) is 61.3 Å². The molecule has 1 N–H and O–H groups in total. The fraction of sp³-hybridized carbons (Fsp3) is 1.00. The summed E-state index contributed by atoms with van der Waals surface area (Å²) in [6.45, 7) is 19.5. The van der Waals surface area contributed by atoms with Gasteiger partial charge in [-0.15, -0.1) is 0 Å². The molecule has 0 aromatic carbocycles. The summed E-state index contributed by atoms with van der Waals surface area (Å²) in [6, 6.07) is 0.586. The van der Waals surface area contributed by atoms with Crippen LogP contribution in [0.4, 0.5) is 0 Å². The number of rotatable bonds is 9. The first kappa shape index (κ1) is 16.9. The Morgan fingerprint density at radius 2 is 1.41 bits per heavy atom. The van der Waals surface area contributed by atoms with Crippen molar-refractivity contribution in [1.82, 2.24) is 10.2 Å². The van der Waals surface area contributed by atoms with Gasteiger partial charge in [-0.1, -0.05) is 47.5 Å². The number of likely N-dealkylation sites (N-methyl/N-ethyl adjacent to an activating group) is 2.